The first kappa shape index (κ1) is 18.7. The standard InChI is InChI=1S/C20H23N3O4/c1-22-10-2-5-17(19(22)25)20(26)23-11-8-15(9-12-23)14-21-18(24)7-6-16-4-3-13-27-16/h2-7,10,13,15H,8-9,11-12,14H2,1H3,(H,21,24)/b7-6+. The first-order chi connectivity index (χ1) is 13.0. The van der Waals surface area contributed by atoms with Crippen LogP contribution in [-0.4, -0.2) is 40.9 Å². The third-order valence-corrected chi connectivity index (χ3v) is 4.76. The Morgan fingerprint density at radius 2 is 2.04 bits per heavy atom. The molecule has 2 aromatic heterocycles. The minimum Gasteiger partial charge on any atom is -0.465 e. The summed E-state index contributed by atoms with van der Waals surface area (Å²) in [4.78, 5) is 38.2. The fourth-order valence-corrected chi connectivity index (χ4v) is 3.12. The molecule has 3 rings (SSSR count). The van der Waals surface area contributed by atoms with Crippen LogP contribution in [0.1, 0.15) is 29.0 Å². The molecule has 0 atom stereocenters. The fraction of sp³-hybridized carbons (Fsp3) is 0.350. The van der Waals surface area contributed by atoms with E-state index in [0.29, 0.717) is 31.3 Å². The van der Waals surface area contributed by atoms with Crippen molar-refractivity contribution in [2.45, 2.75) is 12.8 Å². The number of piperidine rings is 1. The van der Waals surface area contributed by atoms with Gasteiger partial charge in [0, 0.05) is 39.0 Å². The molecule has 0 aromatic carbocycles. The third-order valence-electron chi connectivity index (χ3n) is 4.76. The zero-order valence-corrected chi connectivity index (χ0v) is 15.3. The largest absolute Gasteiger partial charge is 0.465 e. The number of amides is 2. The van der Waals surface area contributed by atoms with Crippen molar-refractivity contribution in [2.75, 3.05) is 19.6 Å². The van der Waals surface area contributed by atoms with E-state index in [0.717, 1.165) is 12.8 Å². The van der Waals surface area contributed by atoms with Gasteiger partial charge < -0.3 is 19.2 Å². The summed E-state index contributed by atoms with van der Waals surface area (Å²) in [5.41, 5.74) is -0.0740. The van der Waals surface area contributed by atoms with Gasteiger partial charge in [0.05, 0.1) is 6.26 Å². The van der Waals surface area contributed by atoms with Crippen LogP contribution in [0.25, 0.3) is 6.08 Å². The Hall–Kier alpha value is -3.09. The van der Waals surface area contributed by atoms with Crippen LogP contribution in [0.2, 0.25) is 0 Å². The molecule has 2 aromatic rings. The number of likely N-dealkylation sites (tertiary alicyclic amines) is 1. The van der Waals surface area contributed by atoms with Gasteiger partial charge in [-0.1, -0.05) is 0 Å². The topological polar surface area (TPSA) is 84.6 Å². The molecule has 0 spiro atoms. The fourth-order valence-electron chi connectivity index (χ4n) is 3.12. The van der Waals surface area contributed by atoms with Crippen molar-refractivity contribution in [3.63, 3.8) is 0 Å². The molecule has 27 heavy (non-hydrogen) atoms. The maximum atomic E-state index is 12.6. The number of hydrogen-bond donors (Lipinski definition) is 1. The van der Waals surface area contributed by atoms with Gasteiger partial charge in [-0.05, 0) is 49.1 Å². The molecule has 7 heteroatoms. The second kappa shape index (κ2) is 8.53. The molecule has 142 valence electrons. The number of aromatic nitrogens is 1. The molecule has 0 saturated carbocycles. The van der Waals surface area contributed by atoms with Gasteiger partial charge in [-0.2, -0.15) is 0 Å². The normalized spacial score (nSPS) is 15.2. The second-order valence-electron chi connectivity index (χ2n) is 6.67. The van der Waals surface area contributed by atoms with Crippen molar-refractivity contribution >= 4 is 17.9 Å². The lowest BCUT2D eigenvalue weighted by Gasteiger charge is -2.32. The summed E-state index contributed by atoms with van der Waals surface area (Å²) < 4.78 is 6.55. The molecule has 0 radical (unpaired) electrons. The van der Waals surface area contributed by atoms with Gasteiger partial charge in [-0.25, -0.2) is 0 Å². The number of rotatable bonds is 5. The Bertz CT molecular complexity index is 875. The third kappa shape index (κ3) is 4.75. The van der Waals surface area contributed by atoms with Crippen molar-refractivity contribution in [2.24, 2.45) is 13.0 Å². The lowest BCUT2D eigenvalue weighted by Crippen LogP contribution is -2.43. The van der Waals surface area contributed by atoms with Gasteiger partial charge in [0.15, 0.2) is 0 Å². The van der Waals surface area contributed by atoms with Gasteiger partial charge in [0.25, 0.3) is 11.5 Å². The van der Waals surface area contributed by atoms with Gasteiger partial charge in [-0.15, -0.1) is 0 Å². The highest BCUT2D eigenvalue weighted by Gasteiger charge is 2.25. The number of aryl methyl sites for hydroxylation is 1. The number of pyridine rings is 1. The molecule has 1 aliphatic heterocycles. The Morgan fingerprint density at radius 1 is 1.26 bits per heavy atom. The van der Waals surface area contributed by atoms with Gasteiger partial charge in [0.2, 0.25) is 5.91 Å². The summed E-state index contributed by atoms with van der Waals surface area (Å²) in [6, 6.07) is 6.81. The summed E-state index contributed by atoms with van der Waals surface area (Å²) in [7, 11) is 1.63. The smallest absolute Gasteiger partial charge is 0.263 e. The predicted molar refractivity (Wildman–Crippen MR) is 101 cm³/mol. The van der Waals surface area contributed by atoms with Crippen molar-refractivity contribution in [1.29, 1.82) is 0 Å². The van der Waals surface area contributed by atoms with E-state index in [4.69, 9.17) is 4.42 Å². The Morgan fingerprint density at radius 3 is 2.74 bits per heavy atom. The molecule has 1 fully saturated rings. The Labute approximate surface area is 157 Å². The van der Waals surface area contributed by atoms with Crippen molar-refractivity contribution in [1.82, 2.24) is 14.8 Å². The zero-order chi connectivity index (χ0) is 19.2. The van der Waals surface area contributed by atoms with E-state index in [9.17, 15) is 14.4 Å². The van der Waals surface area contributed by atoms with E-state index < -0.39 is 0 Å². The van der Waals surface area contributed by atoms with Crippen LogP contribution < -0.4 is 10.9 Å². The minimum absolute atomic E-state index is 0.169. The summed E-state index contributed by atoms with van der Waals surface area (Å²) in [6.07, 6.45) is 7.84. The number of carbonyl (C=O) groups excluding carboxylic acids is 2. The van der Waals surface area contributed by atoms with E-state index in [1.807, 2.05) is 0 Å². The van der Waals surface area contributed by atoms with Gasteiger partial charge in [-0.3, -0.25) is 14.4 Å². The first-order valence-corrected chi connectivity index (χ1v) is 8.99. The van der Waals surface area contributed by atoms with Crippen LogP contribution in [0.15, 0.2) is 52.0 Å². The second-order valence-corrected chi connectivity index (χ2v) is 6.67. The lowest BCUT2D eigenvalue weighted by molar-refractivity contribution is -0.116. The van der Waals surface area contributed by atoms with Crippen LogP contribution in [-0.2, 0) is 11.8 Å². The molecule has 1 saturated heterocycles. The molecule has 7 nitrogen and oxygen atoms in total. The molecular formula is C20H23N3O4. The number of hydrogen-bond acceptors (Lipinski definition) is 4. The summed E-state index contributed by atoms with van der Waals surface area (Å²) in [6.45, 7) is 1.73. The number of furan rings is 1. The van der Waals surface area contributed by atoms with E-state index in [1.165, 1.54) is 10.6 Å². The molecule has 1 N–H and O–H groups in total. The van der Waals surface area contributed by atoms with Gasteiger partial charge >= 0.3 is 0 Å². The van der Waals surface area contributed by atoms with Crippen LogP contribution in [0, 0.1) is 5.92 Å². The minimum atomic E-state index is -0.278. The average Bonchev–Trinajstić information content (AvgIpc) is 3.20. The molecular weight excluding hydrogens is 346 g/mol. The predicted octanol–water partition coefficient (Wildman–Crippen LogP) is 1.66. The summed E-state index contributed by atoms with van der Waals surface area (Å²) in [5.74, 6) is 0.551. The van der Waals surface area contributed by atoms with E-state index in [2.05, 4.69) is 5.32 Å². The highest BCUT2D eigenvalue weighted by molar-refractivity contribution is 5.94. The number of nitrogens with zero attached hydrogens (tertiary/aromatic N) is 2. The SMILES string of the molecule is Cn1cccc(C(=O)N2CCC(CNC(=O)/C=C/c3ccco3)CC2)c1=O. The molecule has 1 aliphatic rings. The van der Waals surface area contributed by atoms with Crippen LogP contribution in [0.4, 0.5) is 0 Å². The highest BCUT2D eigenvalue weighted by Crippen LogP contribution is 2.17. The van der Waals surface area contributed by atoms with E-state index in [1.54, 1.807) is 54.7 Å². The summed E-state index contributed by atoms with van der Waals surface area (Å²) in [5, 5.41) is 2.88. The highest BCUT2D eigenvalue weighted by atomic mass is 16.3. The zero-order valence-electron chi connectivity index (χ0n) is 15.3. The lowest BCUT2D eigenvalue weighted by atomic mass is 9.96. The maximum absolute atomic E-state index is 12.6. The maximum Gasteiger partial charge on any atom is 0.263 e. The van der Waals surface area contributed by atoms with Crippen molar-refractivity contribution in [3.05, 3.63) is 64.5 Å². The van der Waals surface area contributed by atoms with Crippen LogP contribution >= 0.6 is 0 Å². The summed E-state index contributed by atoms with van der Waals surface area (Å²) >= 11 is 0. The number of nitrogens with one attached hydrogen (secondary N) is 1. The van der Waals surface area contributed by atoms with Crippen molar-refractivity contribution in [3.8, 4) is 0 Å². The first-order valence-electron chi connectivity index (χ1n) is 8.99. The average molecular weight is 369 g/mol. The quantitative estimate of drug-likeness (QED) is 0.813. The number of carbonyl (C=O) groups is 2. The van der Waals surface area contributed by atoms with E-state index >= 15 is 0 Å². The monoisotopic (exact) mass is 369 g/mol. The Balaban J connectivity index is 1.46. The molecule has 2 amide bonds. The molecule has 0 unspecified atom stereocenters. The molecule has 0 bridgehead atoms. The van der Waals surface area contributed by atoms with Crippen LogP contribution in [0.3, 0.4) is 0 Å². The molecule has 0 aliphatic carbocycles. The van der Waals surface area contributed by atoms with Crippen LogP contribution in [0.5, 0.6) is 0 Å². The molecule has 3 heterocycles. The Kier molecular flexibility index (Phi) is 5.90. The van der Waals surface area contributed by atoms with Gasteiger partial charge in [0.1, 0.15) is 11.3 Å². The van der Waals surface area contributed by atoms with Crippen molar-refractivity contribution < 1.29 is 14.0 Å². The van der Waals surface area contributed by atoms with E-state index in [-0.39, 0.29) is 22.9 Å².